The topological polar surface area (TPSA) is 73.2 Å². The molecule has 0 aliphatic rings. The Morgan fingerprint density at radius 3 is 2.70 bits per heavy atom. The first kappa shape index (κ1) is 16.2. The van der Waals surface area contributed by atoms with Crippen LogP contribution in [-0.2, 0) is 9.53 Å². The maximum atomic E-state index is 12.3. The third-order valence-electron chi connectivity index (χ3n) is 3.20. The van der Waals surface area contributed by atoms with Gasteiger partial charge in [0.2, 0.25) is 0 Å². The van der Waals surface area contributed by atoms with Crippen LogP contribution in [0.5, 0.6) is 0 Å². The van der Waals surface area contributed by atoms with E-state index in [0.717, 1.165) is 6.42 Å². The van der Waals surface area contributed by atoms with E-state index in [1.54, 1.807) is 23.9 Å². The summed E-state index contributed by atoms with van der Waals surface area (Å²) in [6.07, 6.45) is 4.52. The Bertz CT molecular complexity index is 525. The average Bonchev–Trinajstić information content (AvgIpc) is 2.40. The largest absolute Gasteiger partial charge is 0.467 e. The summed E-state index contributed by atoms with van der Waals surface area (Å²) >= 11 is 0. The Morgan fingerprint density at radius 2 is 2.20 bits per heavy atom. The molecule has 0 spiro atoms. The molecule has 1 N–H and O–H groups in total. The summed E-state index contributed by atoms with van der Waals surface area (Å²) in [5.74, 6) is -0.233. The van der Waals surface area contributed by atoms with Crippen molar-refractivity contribution in [1.82, 2.24) is 9.55 Å². The number of anilines is 1. The smallest absolute Gasteiger partial charge is 0.331 e. The SMILES string of the molecule is CCCC(C)(Nc1nccn(C(C)C)c1=O)C(=O)OC. The van der Waals surface area contributed by atoms with Crippen molar-refractivity contribution in [2.24, 2.45) is 0 Å². The number of hydrogen-bond acceptors (Lipinski definition) is 5. The second-order valence-corrected chi connectivity index (χ2v) is 5.28. The van der Waals surface area contributed by atoms with Crippen LogP contribution in [0.15, 0.2) is 17.2 Å². The molecule has 0 aliphatic carbocycles. The third-order valence-corrected chi connectivity index (χ3v) is 3.20. The Labute approximate surface area is 119 Å². The van der Waals surface area contributed by atoms with Gasteiger partial charge >= 0.3 is 5.97 Å². The lowest BCUT2D eigenvalue weighted by Crippen LogP contribution is -2.46. The Hall–Kier alpha value is -1.85. The first-order chi connectivity index (χ1) is 9.35. The number of nitrogens with zero attached hydrogens (tertiary/aromatic N) is 2. The molecule has 0 radical (unpaired) electrons. The number of hydrogen-bond donors (Lipinski definition) is 1. The summed E-state index contributed by atoms with van der Waals surface area (Å²) in [4.78, 5) is 28.3. The van der Waals surface area contributed by atoms with Gasteiger partial charge in [-0.3, -0.25) is 4.79 Å². The zero-order chi connectivity index (χ0) is 15.3. The summed E-state index contributed by atoms with van der Waals surface area (Å²) in [6.45, 7) is 7.51. The van der Waals surface area contributed by atoms with E-state index in [9.17, 15) is 9.59 Å². The van der Waals surface area contributed by atoms with Crippen molar-refractivity contribution in [2.75, 3.05) is 12.4 Å². The van der Waals surface area contributed by atoms with E-state index in [2.05, 4.69) is 10.3 Å². The summed E-state index contributed by atoms with van der Waals surface area (Å²) in [7, 11) is 1.34. The lowest BCUT2D eigenvalue weighted by molar-refractivity contribution is -0.145. The number of ether oxygens (including phenoxy) is 1. The highest BCUT2D eigenvalue weighted by Crippen LogP contribution is 2.19. The summed E-state index contributed by atoms with van der Waals surface area (Å²) in [6, 6.07) is 0.0293. The van der Waals surface area contributed by atoms with Crippen molar-refractivity contribution in [1.29, 1.82) is 0 Å². The van der Waals surface area contributed by atoms with Gasteiger partial charge in [-0.15, -0.1) is 0 Å². The lowest BCUT2D eigenvalue weighted by Gasteiger charge is -2.28. The summed E-state index contributed by atoms with van der Waals surface area (Å²) in [5, 5.41) is 2.95. The first-order valence-corrected chi connectivity index (χ1v) is 6.79. The third kappa shape index (κ3) is 3.37. The number of aromatic nitrogens is 2. The standard InChI is InChI=1S/C14H23N3O3/c1-6-7-14(4,13(19)20-5)16-11-12(18)17(10(2)3)9-8-15-11/h8-10H,6-7H2,1-5H3,(H,15,16). The van der Waals surface area contributed by atoms with Crippen LogP contribution in [0.1, 0.15) is 46.6 Å². The second-order valence-electron chi connectivity index (χ2n) is 5.28. The van der Waals surface area contributed by atoms with Gasteiger partial charge in [0.15, 0.2) is 5.82 Å². The van der Waals surface area contributed by atoms with E-state index in [1.165, 1.54) is 7.11 Å². The predicted molar refractivity (Wildman–Crippen MR) is 77.8 cm³/mol. The zero-order valence-corrected chi connectivity index (χ0v) is 12.8. The number of methoxy groups -OCH3 is 1. The molecule has 0 fully saturated rings. The van der Waals surface area contributed by atoms with Crippen molar-refractivity contribution in [3.8, 4) is 0 Å². The van der Waals surface area contributed by atoms with Crippen molar-refractivity contribution in [2.45, 2.75) is 52.1 Å². The van der Waals surface area contributed by atoms with Gasteiger partial charge < -0.3 is 14.6 Å². The van der Waals surface area contributed by atoms with Crippen LogP contribution in [0, 0.1) is 0 Å². The van der Waals surface area contributed by atoms with Crippen LogP contribution in [-0.4, -0.2) is 28.2 Å². The fraction of sp³-hybridized carbons (Fsp3) is 0.643. The number of nitrogens with one attached hydrogen (secondary N) is 1. The molecule has 0 aromatic carbocycles. The highest BCUT2D eigenvalue weighted by Gasteiger charge is 2.34. The average molecular weight is 281 g/mol. The molecule has 20 heavy (non-hydrogen) atoms. The molecular formula is C14H23N3O3. The lowest BCUT2D eigenvalue weighted by atomic mass is 9.96. The Balaban J connectivity index is 3.16. The van der Waals surface area contributed by atoms with Gasteiger partial charge in [0.1, 0.15) is 5.54 Å². The second kappa shape index (κ2) is 6.54. The number of carbonyl (C=O) groups is 1. The molecule has 112 valence electrons. The van der Waals surface area contributed by atoms with Gasteiger partial charge in [0.05, 0.1) is 7.11 Å². The van der Waals surface area contributed by atoms with Crippen LogP contribution < -0.4 is 10.9 Å². The Morgan fingerprint density at radius 1 is 1.55 bits per heavy atom. The number of esters is 1. The monoisotopic (exact) mass is 281 g/mol. The van der Waals surface area contributed by atoms with E-state index in [4.69, 9.17) is 4.74 Å². The van der Waals surface area contributed by atoms with Crippen LogP contribution in [0.3, 0.4) is 0 Å². The maximum Gasteiger partial charge on any atom is 0.331 e. The van der Waals surface area contributed by atoms with Gasteiger partial charge in [-0.05, 0) is 27.2 Å². The van der Waals surface area contributed by atoms with E-state index >= 15 is 0 Å². The molecule has 1 atom stereocenters. The molecule has 1 aromatic rings. The van der Waals surface area contributed by atoms with Gasteiger partial charge in [0.25, 0.3) is 5.56 Å². The van der Waals surface area contributed by atoms with Gasteiger partial charge in [0, 0.05) is 18.4 Å². The molecular weight excluding hydrogens is 258 g/mol. The predicted octanol–water partition coefficient (Wildman–Crippen LogP) is 1.97. The van der Waals surface area contributed by atoms with Crippen molar-refractivity contribution in [3.05, 3.63) is 22.7 Å². The minimum absolute atomic E-state index is 0.0293. The summed E-state index contributed by atoms with van der Waals surface area (Å²) < 4.78 is 6.39. The van der Waals surface area contributed by atoms with Gasteiger partial charge in [-0.25, -0.2) is 9.78 Å². The van der Waals surface area contributed by atoms with Gasteiger partial charge in [-0.2, -0.15) is 0 Å². The molecule has 0 saturated heterocycles. The summed E-state index contributed by atoms with van der Waals surface area (Å²) in [5.41, 5.74) is -1.19. The molecule has 0 aliphatic heterocycles. The van der Waals surface area contributed by atoms with E-state index in [1.807, 2.05) is 20.8 Å². The highest BCUT2D eigenvalue weighted by atomic mass is 16.5. The van der Waals surface area contributed by atoms with Crippen LogP contribution in [0.25, 0.3) is 0 Å². The van der Waals surface area contributed by atoms with E-state index in [0.29, 0.717) is 6.42 Å². The van der Waals surface area contributed by atoms with Crippen LogP contribution in [0.2, 0.25) is 0 Å². The molecule has 6 heteroatoms. The van der Waals surface area contributed by atoms with Gasteiger partial charge in [-0.1, -0.05) is 13.3 Å². The molecule has 1 heterocycles. The quantitative estimate of drug-likeness (QED) is 0.807. The van der Waals surface area contributed by atoms with Crippen LogP contribution in [0.4, 0.5) is 5.82 Å². The van der Waals surface area contributed by atoms with Crippen molar-refractivity contribution >= 4 is 11.8 Å². The molecule has 0 bridgehead atoms. The molecule has 6 nitrogen and oxygen atoms in total. The molecule has 0 amide bonds. The number of carbonyl (C=O) groups excluding carboxylic acids is 1. The molecule has 1 unspecified atom stereocenters. The van der Waals surface area contributed by atoms with Crippen LogP contribution >= 0.6 is 0 Å². The van der Waals surface area contributed by atoms with E-state index in [-0.39, 0.29) is 17.4 Å². The first-order valence-electron chi connectivity index (χ1n) is 6.79. The molecule has 1 rings (SSSR count). The Kier molecular flexibility index (Phi) is 5.30. The molecule has 1 aromatic heterocycles. The maximum absolute atomic E-state index is 12.3. The zero-order valence-electron chi connectivity index (χ0n) is 12.8. The fourth-order valence-electron chi connectivity index (χ4n) is 2.12. The normalized spacial score (nSPS) is 13.9. The highest BCUT2D eigenvalue weighted by molar-refractivity contribution is 5.83. The molecule has 0 saturated carbocycles. The minimum atomic E-state index is -0.953. The minimum Gasteiger partial charge on any atom is -0.467 e. The van der Waals surface area contributed by atoms with Crippen molar-refractivity contribution in [3.63, 3.8) is 0 Å². The fourth-order valence-corrected chi connectivity index (χ4v) is 2.12. The number of rotatable bonds is 6. The van der Waals surface area contributed by atoms with E-state index < -0.39 is 11.5 Å². The van der Waals surface area contributed by atoms with Crippen molar-refractivity contribution < 1.29 is 9.53 Å².